The molecule has 0 aromatic carbocycles. The van der Waals surface area contributed by atoms with E-state index in [4.69, 9.17) is 0 Å². The minimum absolute atomic E-state index is 0.0772. The van der Waals surface area contributed by atoms with E-state index in [1.165, 1.54) is 25.7 Å². The van der Waals surface area contributed by atoms with Crippen LogP contribution in [-0.2, 0) is 9.59 Å². The standard InChI is InChI=1S/C17H32N2O2/c1-3-4-9-13-19(15(2)20)14-12-17(21)18-16-10-7-5-6-8-11-16/h16H,3-14H2,1-2H3,(H,18,21). The molecule has 0 aliphatic heterocycles. The number of carbonyl (C=O) groups is 2. The summed E-state index contributed by atoms with van der Waals surface area (Å²) in [6.07, 6.45) is 11.0. The van der Waals surface area contributed by atoms with Gasteiger partial charge in [0.1, 0.15) is 0 Å². The van der Waals surface area contributed by atoms with Gasteiger partial charge in [0.2, 0.25) is 11.8 Å². The molecule has 2 amide bonds. The number of hydrogen-bond acceptors (Lipinski definition) is 2. The molecule has 1 saturated carbocycles. The van der Waals surface area contributed by atoms with Crippen molar-refractivity contribution in [2.24, 2.45) is 0 Å². The van der Waals surface area contributed by atoms with Crippen molar-refractivity contribution in [3.05, 3.63) is 0 Å². The van der Waals surface area contributed by atoms with Gasteiger partial charge in [0.15, 0.2) is 0 Å². The van der Waals surface area contributed by atoms with Crippen molar-refractivity contribution < 1.29 is 9.59 Å². The Kier molecular flexibility index (Phi) is 9.11. The smallest absolute Gasteiger partial charge is 0.221 e. The molecule has 0 bridgehead atoms. The zero-order chi connectivity index (χ0) is 15.5. The van der Waals surface area contributed by atoms with Gasteiger partial charge in [-0.05, 0) is 19.3 Å². The highest BCUT2D eigenvalue weighted by Crippen LogP contribution is 2.17. The highest BCUT2D eigenvalue weighted by atomic mass is 16.2. The van der Waals surface area contributed by atoms with Gasteiger partial charge < -0.3 is 10.2 Å². The predicted octanol–water partition coefficient (Wildman–Crippen LogP) is 3.25. The van der Waals surface area contributed by atoms with Crippen LogP contribution in [0, 0.1) is 0 Å². The third-order valence-electron chi connectivity index (χ3n) is 4.31. The maximum atomic E-state index is 12.0. The number of carbonyl (C=O) groups excluding carboxylic acids is 2. The Hall–Kier alpha value is -1.06. The van der Waals surface area contributed by atoms with Crippen LogP contribution >= 0.6 is 0 Å². The van der Waals surface area contributed by atoms with Crippen LogP contribution in [0.4, 0.5) is 0 Å². The second-order valence-corrected chi connectivity index (χ2v) is 6.22. The third-order valence-corrected chi connectivity index (χ3v) is 4.31. The van der Waals surface area contributed by atoms with Gasteiger partial charge in [-0.15, -0.1) is 0 Å². The summed E-state index contributed by atoms with van der Waals surface area (Å²) in [6, 6.07) is 0.353. The van der Waals surface area contributed by atoms with E-state index in [9.17, 15) is 9.59 Å². The Morgan fingerprint density at radius 2 is 1.71 bits per heavy atom. The van der Waals surface area contributed by atoms with Gasteiger partial charge >= 0.3 is 0 Å². The summed E-state index contributed by atoms with van der Waals surface area (Å²) in [5.74, 6) is 0.178. The van der Waals surface area contributed by atoms with Gasteiger partial charge in [-0.3, -0.25) is 9.59 Å². The molecule has 1 rings (SSSR count). The summed E-state index contributed by atoms with van der Waals surface area (Å²) in [4.78, 5) is 25.4. The van der Waals surface area contributed by atoms with Crippen molar-refractivity contribution in [3.63, 3.8) is 0 Å². The molecule has 1 aliphatic rings. The molecule has 0 heterocycles. The lowest BCUT2D eigenvalue weighted by Crippen LogP contribution is -2.38. The summed E-state index contributed by atoms with van der Waals surface area (Å²) in [5, 5.41) is 3.14. The van der Waals surface area contributed by atoms with E-state index >= 15 is 0 Å². The van der Waals surface area contributed by atoms with E-state index in [-0.39, 0.29) is 11.8 Å². The molecule has 122 valence electrons. The fourth-order valence-electron chi connectivity index (χ4n) is 2.94. The van der Waals surface area contributed by atoms with Gasteiger partial charge in [-0.1, -0.05) is 45.4 Å². The van der Waals surface area contributed by atoms with E-state index in [0.29, 0.717) is 19.0 Å². The normalized spacial score (nSPS) is 16.3. The quantitative estimate of drug-likeness (QED) is 0.552. The summed E-state index contributed by atoms with van der Waals surface area (Å²) in [6.45, 7) is 5.07. The van der Waals surface area contributed by atoms with Gasteiger partial charge in [0.25, 0.3) is 0 Å². The molecular weight excluding hydrogens is 264 g/mol. The van der Waals surface area contributed by atoms with Crippen molar-refractivity contribution in [1.82, 2.24) is 10.2 Å². The monoisotopic (exact) mass is 296 g/mol. The summed E-state index contributed by atoms with van der Waals surface area (Å²) in [5.41, 5.74) is 0. The van der Waals surface area contributed by atoms with Crippen molar-refractivity contribution in [3.8, 4) is 0 Å². The van der Waals surface area contributed by atoms with Gasteiger partial charge in [0, 0.05) is 32.5 Å². The van der Waals surface area contributed by atoms with Crippen LogP contribution in [0.3, 0.4) is 0 Å². The molecule has 0 unspecified atom stereocenters. The molecule has 0 atom stereocenters. The molecular formula is C17H32N2O2. The van der Waals surface area contributed by atoms with Crippen LogP contribution in [0.1, 0.15) is 78.1 Å². The van der Waals surface area contributed by atoms with E-state index in [2.05, 4.69) is 12.2 Å². The van der Waals surface area contributed by atoms with Crippen LogP contribution < -0.4 is 5.32 Å². The molecule has 0 aromatic heterocycles. The molecule has 4 heteroatoms. The highest BCUT2D eigenvalue weighted by molar-refractivity contribution is 5.78. The van der Waals surface area contributed by atoms with Crippen LogP contribution in [0.15, 0.2) is 0 Å². The number of unbranched alkanes of at least 4 members (excludes halogenated alkanes) is 2. The zero-order valence-corrected chi connectivity index (χ0v) is 13.8. The first kappa shape index (κ1) is 18.0. The van der Waals surface area contributed by atoms with Crippen molar-refractivity contribution in [2.45, 2.75) is 84.1 Å². The Balaban J connectivity index is 2.26. The van der Waals surface area contributed by atoms with Gasteiger partial charge in [0.05, 0.1) is 0 Å². The number of nitrogens with one attached hydrogen (secondary N) is 1. The average Bonchev–Trinajstić information content (AvgIpc) is 2.71. The number of hydrogen-bond donors (Lipinski definition) is 1. The minimum atomic E-state index is 0.0772. The predicted molar refractivity (Wildman–Crippen MR) is 86.0 cm³/mol. The largest absolute Gasteiger partial charge is 0.353 e. The fourth-order valence-corrected chi connectivity index (χ4v) is 2.94. The van der Waals surface area contributed by atoms with Crippen LogP contribution in [-0.4, -0.2) is 35.8 Å². The molecule has 4 nitrogen and oxygen atoms in total. The Morgan fingerprint density at radius 3 is 2.29 bits per heavy atom. The lowest BCUT2D eigenvalue weighted by atomic mass is 10.1. The van der Waals surface area contributed by atoms with Crippen LogP contribution in [0.5, 0.6) is 0 Å². The Morgan fingerprint density at radius 1 is 1.05 bits per heavy atom. The second-order valence-electron chi connectivity index (χ2n) is 6.22. The number of amides is 2. The molecule has 1 aliphatic carbocycles. The molecule has 0 saturated heterocycles. The van der Waals surface area contributed by atoms with Crippen molar-refractivity contribution in [2.75, 3.05) is 13.1 Å². The zero-order valence-electron chi connectivity index (χ0n) is 13.8. The maximum Gasteiger partial charge on any atom is 0.221 e. The molecule has 0 aromatic rings. The van der Waals surface area contributed by atoms with E-state index in [1.807, 2.05) is 4.90 Å². The van der Waals surface area contributed by atoms with E-state index < -0.39 is 0 Å². The van der Waals surface area contributed by atoms with Crippen LogP contribution in [0.2, 0.25) is 0 Å². The first-order chi connectivity index (χ1) is 10.1. The summed E-state index contributed by atoms with van der Waals surface area (Å²) >= 11 is 0. The van der Waals surface area contributed by atoms with Gasteiger partial charge in [-0.25, -0.2) is 0 Å². The average molecular weight is 296 g/mol. The highest BCUT2D eigenvalue weighted by Gasteiger charge is 2.16. The fraction of sp³-hybridized carbons (Fsp3) is 0.882. The number of nitrogens with zero attached hydrogens (tertiary/aromatic N) is 1. The Bertz CT molecular complexity index is 310. The third kappa shape index (κ3) is 8.08. The molecule has 21 heavy (non-hydrogen) atoms. The lowest BCUT2D eigenvalue weighted by molar-refractivity contribution is -0.129. The molecule has 1 fully saturated rings. The molecule has 1 N–H and O–H groups in total. The topological polar surface area (TPSA) is 49.4 Å². The Labute approximate surface area is 129 Å². The summed E-state index contributed by atoms with van der Waals surface area (Å²) < 4.78 is 0. The van der Waals surface area contributed by atoms with Crippen molar-refractivity contribution >= 4 is 11.8 Å². The van der Waals surface area contributed by atoms with Crippen molar-refractivity contribution in [1.29, 1.82) is 0 Å². The summed E-state index contributed by atoms with van der Waals surface area (Å²) in [7, 11) is 0. The van der Waals surface area contributed by atoms with E-state index in [0.717, 1.165) is 38.6 Å². The minimum Gasteiger partial charge on any atom is -0.353 e. The molecule has 0 spiro atoms. The lowest BCUT2D eigenvalue weighted by Gasteiger charge is -2.22. The maximum absolute atomic E-state index is 12.0. The van der Waals surface area contributed by atoms with Gasteiger partial charge in [-0.2, -0.15) is 0 Å². The SMILES string of the molecule is CCCCCN(CCC(=O)NC1CCCCCC1)C(C)=O. The molecule has 0 radical (unpaired) electrons. The number of rotatable bonds is 8. The second kappa shape index (κ2) is 10.6. The first-order valence-corrected chi connectivity index (χ1v) is 8.68. The first-order valence-electron chi connectivity index (χ1n) is 8.68. The van der Waals surface area contributed by atoms with Crippen LogP contribution in [0.25, 0.3) is 0 Å². The van der Waals surface area contributed by atoms with E-state index in [1.54, 1.807) is 6.92 Å².